The second-order valence-electron chi connectivity index (χ2n) is 8.80. The Labute approximate surface area is 219 Å². The van der Waals surface area contributed by atoms with Crippen LogP contribution in [-0.2, 0) is 18.9 Å². The lowest BCUT2D eigenvalue weighted by atomic mass is 10.1. The van der Waals surface area contributed by atoms with Gasteiger partial charge in [-0.05, 0) is 36.9 Å². The van der Waals surface area contributed by atoms with Crippen molar-refractivity contribution in [2.24, 2.45) is 0 Å². The molecule has 4 rings (SSSR count). The largest absolute Gasteiger partial charge is 0.423 e. The first kappa shape index (κ1) is 28.7. The van der Waals surface area contributed by atoms with Crippen LogP contribution in [0.5, 0.6) is 0 Å². The highest BCUT2D eigenvalue weighted by atomic mass is 19.4. The molecule has 0 unspecified atom stereocenters. The minimum absolute atomic E-state index is 0.0688. The standard InChI is InChI=1S/C24H19F7N6O3/c1-11(35-17-10-34-36-21(39)19(17)24(29,30)31)18(38)3-5-37-4-2-12-6-15(16(25)7-14(12)22(37)40)20-32-8-13(9-33-20)23(26,27)28/h2,4,6-11,18,38H,3,5H2,1H3,(H2,35,36,39)/t11-,18+/m0/s1. The van der Waals surface area contributed by atoms with Crippen LogP contribution >= 0.6 is 0 Å². The van der Waals surface area contributed by atoms with E-state index in [0.29, 0.717) is 12.4 Å². The number of halogens is 7. The Balaban J connectivity index is 1.51. The van der Waals surface area contributed by atoms with Crippen molar-refractivity contribution in [3.05, 3.63) is 80.6 Å². The Kier molecular flexibility index (Phi) is 7.65. The number of aliphatic hydroxyl groups is 1. The molecule has 0 aliphatic carbocycles. The quantitative estimate of drug-likeness (QED) is 0.286. The maximum Gasteiger partial charge on any atom is 0.423 e. The summed E-state index contributed by atoms with van der Waals surface area (Å²) >= 11 is 0. The van der Waals surface area contributed by atoms with Crippen LogP contribution < -0.4 is 16.4 Å². The molecule has 0 bridgehead atoms. The van der Waals surface area contributed by atoms with Crippen LogP contribution in [0.3, 0.4) is 0 Å². The van der Waals surface area contributed by atoms with Crippen molar-refractivity contribution in [2.75, 3.05) is 5.32 Å². The van der Waals surface area contributed by atoms with Gasteiger partial charge >= 0.3 is 12.4 Å². The van der Waals surface area contributed by atoms with Crippen LogP contribution in [0.1, 0.15) is 24.5 Å². The summed E-state index contributed by atoms with van der Waals surface area (Å²) in [5.41, 5.74) is -5.57. The molecule has 0 fully saturated rings. The monoisotopic (exact) mass is 572 g/mol. The molecule has 3 heterocycles. The maximum atomic E-state index is 14.8. The summed E-state index contributed by atoms with van der Waals surface area (Å²) in [5.74, 6) is -1.27. The molecule has 212 valence electrons. The number of hydrogen-bond donors (Lipinski definition) is 3. The van der Waals surface area contributed by atoms with Crippen LogP contribution in [-0.4, -0.2) is 42.0 Å². The highest BCUT2D eigenvalue weighted by Gasteiger charge is 2.38. The molecule has 0 saturated carbocycles. The van der Waals surface area contributed by atoms with Crippen molar-refractivity contribution in [1.82, 2.24) is 24.7 Å². The highest BCUT2D eigenvalue weighted by Crippen LogP contribution is 2.32. The number of nitrogens with one attached hydrogen (secondary N) is 2. The maximum absolute atomic E-state index is 14.8. The number of nitrogens with zero attached hydrogens (tertiary/aromatic N) is 4. The van der Waals surface area contributed by atoms with Crippen molar-refractivity contribution in [1.29, 1.82) is 0 Å². The number of pyridine rings is 1. The van der Waals surface area contributed by atoms with Crippen molar-refractivity contribution in [3.63, 3.8) is 0 Å². The van der Waals surface area contributed by atoms with E-state index in [4.69, 9.17) is 0 Å². The second-order valence-corrected chi connectivity index (χ2v) is 8.80. The average Bonchev–Trinajstić information content (AvgIpc) is 2.87. The van der Waals surface area contributed by atoms with Gasteiger partial charge in [0, 0.05) is 31.2 Å². The summed E-state index contributed by atoms with van der Waals surface area (Å²) < 4.78 is 94.0. The fourth-order valence-electron chi connectivity index (χ4n) is 3.92. The van der Waals surface area contributed by atoms with Gasteiger partial charge in [-0.2, -0.15) is 31.4 Å². The zero-order chi connectivity index (χ0) is 29.4. The molecule has 40 heavy (non-hydrogen) atoms. The van der Waals surface area contributed by atoms with Crippen LogP contribution in [0, 0.1) is 5.82 Å². The van der Waals surface area contributed by atoms with Gasteiger partial charge in [-0.3, -0.25) is 9.59 Å². The van der Waals surface area contributed by atoms with E-state index in [1.54, 1.807) is 5.10 Å². The zero-order valence-electron chi connectivity index (χ0n) is 20.3. The van der Waals surface area contributed by atoms with Gasteiger partial charge in [0.15, 0.2) is 5.82 Å². The number of aryl methyl sites for hydroxylation is 1. The molecule has 0 radical (unpaired) electrons. The van der Waals surface area contributed by atoms with Crippen LogP contribution in [0.15, 0.2) is 52.6 Å². The number of alkyl halides is 6. The molecule has 3 aromatic heterocycles. The molecule has 1 aromatic carbocycles. The van der Waals surface area contributed by atoms with Gasteiger partial charge in [-0.15, -0.1) is 0 Å². The van der Waals surface area contributed by atoms with Gasteiger partial charge in [0.25, 0.3) is 11.1 Å². The summed E-state index contributed by atoms with van der Waals surface area (Å²) in [4.78, 5) is 31.7. The summed E-state index contributed by atoms with van der Waals surface area (Å²) in [5, 5.41) is 18.1. The first-order valence-electron chi connectivity index (χ1n) is 11.5. The Morgan fingerprint density at radius 1 is 1.05 bits per heavy atom. The number of fused-ring (bicyclic) bond motifs is 1. The fourth-order valence-corrected chi connectivity index (χ4v) is 3.92. The van der Waals surface area contributed by atoms with Crippen LogP contribution in [0.2, 0.25) is 0 Å². The molecular weight excluding hydrogens is 553 g/mol. The molecule has 0 spiro atoms. The third-order valence-electron chi connectivity index (χ3n) is 6.05. The summed E-state index contributed by atoms with van der Waals surface area (Å²) in [6, 6.07) is 2.55. The summed E-state index contributed by atoms with van der Waals surface area (Å²) in [6.45, 7) is 1.27. The number of benzene rings is 1. The van der Waals surface area contributed by atoms with Crippen molar-refractivity contribution >= 4 is 16.5 Å². The third kappa shape index (κ3) is 5.95. The highest BCUT2D eigenvalue weighted by molar-refractivity contribution is 5.86. The van der Waals surface area contributed by atoms with Gasteiger partial charge in [0.2, 0.25) is 0 Å². The molecule has 0 amide bonds. The topological polar surface area (TPSA) is 126 Å². The molecule has 16 heteroatoms. The van der Waals surface area contributed by atoms with Gasteiger partial charge in [0.05, 0.1) is 34.5 Å². The lowest BCUT2D eigenvalue weighted by Gasteiger charge is -2.23. The summed E-state index contributed by atoms with van der Waals surface area (Å²) in [7, 11) is 0. The van der Waals surface area contributed by atoms with E-state index in [9.17, 15) is 45.4 Å². The smallest absolute Gasteiger partial charge is 0.391 e. The molecule has 2 atom stereocenters. The normalized spacial score (nSPS) is 13.8. The number of aromatic nitrogens is 5. The van der Waals surface area contributed by atoms with Crippen LogP contribution in [0.4, 0.5) is 36.4 Å². The third-order valence-corrected chi connectivity index (χ3v) is 6.05. The molecule has 4 aromatic rings. The van der Waals surface area contributed by atoms with Gasteiger partial charge in [-0.25, -0.2) is 19.5 Å². The first-order chi connectivity index (χ1) is 18.7. The predicted octanol–water partition coefficient (Wildman–Crippen LogP) is 3.97. The van der Waals surface area contributed by atoms with E-state index < -0.39 is 58.2 Å². The number of H-pyrrole nitrogens is 1. The number of anilines is 1. The fraction of sp³-hybridized carbons (Fsp3) is 0.292. The van der Waals surface area contributed by atoms with E-state index in [1.807, 2.05) is 0 Å². The molecule has 9 nitrogen and oxygen atoms in total. The molecule has 3 N–H and O–H groups in total. The van der Waals surface area contributed by atoms with E-state index in [0.717, 1.165) is 16.8 Å². The minimum atomic E-state index is -4.98. The Bertz CT molecular complexity index is 1650. The molecular formula is C24H19F7N6O3. The second kappa shape index (κ2) is 10.7. The molecule has 0 aliphatic heterocycles. The van der Waals surface area contributed by atoms with E-state index in [1.165, 1.54) is 25.3 Å². The predicted molar refractivity (Wildman–Crippen MR) is 128 cm³/mol. The number of rotatable bonds is 7. The number of aromatic amines is 1. The Hall–Kier alpha value is -4.34. The lowest BCUT2D eigenvalue weighted by molar-refractivity contribution is -0.139. The molecule has 0 saturated heterocycles. The van der Waals surface area contributed by atoms with E-state index in [-0.39, 0.29) is 35.1 Å². The van der Waals surface area contributed by atoms with Crippen molar-refractivity contribution < 1.29 is 35.8 Å². The van der Waals surface area contributed by atoms with Gasteiger partial charge in [0.1, 0.15) is 11.4 Å². The SMILES string of the molecule is C[C@H](Nc1cn[nH]c(=O)c1C(F)(F)F)[C@H](O)CCn1ccc2cc(-c3ncc(C(F)(F)F)cn3)c(F)cc2c1=O. The Morgan fingerprint density at radius 2 is 1.73 bits per heavy atom. The van der Waals surface area contributed by atoms with Crippen molar-refractivity contribution in [2.45, 2.75) is 44.4 Å². The lowest BCUT2D eigenvalue weighted by Crippen LogP contribution is -2.35. The average molecular weight is 572 g/mol. The van der Waals surface area contributed by atoms with Gasteiger partial charge in [-0.1, -0.05) is 0 Å². The number of aliphatic hydroxyl groups excluding tert-OH is 1. The Morgan fingerprint density at radius 3 is 2.35 bits per heavy atom. The van der Waals surface area contributed by atoms with Gasteiger partial charge < -0.3 is 15.0 Å². The zero-order valence-corrected chi connectivity index (χ0v) is 20.3. The van der Waals surface area contributed by atoms with Crippen LogP contribution in [0.25, 0.3) is 22.2 Å². The first-order valence-corrected chi connectivity index (χ1v) is 11.5. The summed E-state index contributed by atoms with van der Waals surface area (Å²) in [6.07, 6.45) is -7.90. The van der Waals surface area contributed by atoms with Crippen molar-refractivity contribution in [3.8, 4) is 11.4 Å². The minimum Gasteiger partial charge on any atom is -0.391 e. The number of hydrogen-bond acceptors (Lipinski definition) is 7. The van der Waals surface area contributed by atoms with E-state index in [2.05, 4.69) is 20.4 Å². The van der Waals surface area contributed by atoms with E-state index >= 15 is 0 Å². The molecule has 0 aliphatic rings.